The maximum atomic E-state index is 14.9. The van der Waals surface area contributed by atoms with Gasteiger partial charge in [-0.25, -0.2) is 25.0 Å². The Morgan fingerprint density at radius 1 is 1.31 bits per heavy atom. The van der Waals surface area contributed by atoms with Crippen LogP contribution in [0.1, 0.15) is 35.6 Å². The Kier molecular flexibility index (Phi) is 6.16. The van der Waals surface area contributed by atoms with Crippen LogP contribution in [0.15, 0.2) is 48.1 Å². The van der Waals surface area contributed by atoms with Crippen molar-refractivity contribution in [2.75, 3.05) is 7.11 Å². The van der Waals surface area contributed by atoms with E-state index >= 15 is 0 Å². The molecular weight excluding hydrogens is 469 g/mol. The lowest BCUT2D eigenvalue weighted by Crippen LogP contribution is -2.39. The van der Waals surface area contributed by atoms with Crippen LogP contribution in [0, 0.1) is 5.82 Å². The number of hydrazone groups is 1. The van der Waals surface area contributed by atoms with Crippen LogP contribution in [0.5, 0.6) is 5.75 Å². The number of hydrogen-bond acceptors (Lipinski definition) is 9. The van der Waals surface area contributed by atoms with E-state index < -0.39 is 17.6 Å². The van der Waals surface area contributed by atoms with Crippen LogP contribution < -0.4 is 21.6 Å². The number of benzene rings is 1. The fraction of sp³-hybridized carbons (Fsp3) is 0.273. The van der Waals surface area contributed by atoms with Gasteiger partial charge in [-0.3, -0.25) is 4.79 Å². The summed E-state index contributed by atoms with van der Waals surface area (Å²) in [7, 11) is 1.34. The fourth-order valence-electron chi connectivity index (χ4n) is 3.84. The normalized spacial score (nSPS) is 13.7. The molecule has 0 radical (unpaired) electrons. The van der Waals surface area contributed by atoms with Gasteiger partial charge in [0.15, 0.2) is 11.6 Å². The summed E-state index contributed by atoms with van der Waals surface area (Å²) in [5, 5.41) is 18.4. The van der Waals surface area contributed by atoms with Crippen LogP contribution in [-0.2, 0) is 17.9 Å². The molecule has 5 rings (SSSR count). The van der Waals surface area contributed by atoms with E-state index in [4.69, 9.17) is 16.3 Å². The zero-order valence-electron chi connectivity index (χ0n) is 19.4. The Balaban J connectivity index is 1.25. The molecule has 0 spiro atoms. The van der Waals surface area contributed by atoms with Crippen LogP contribution in [0.3, 0.4) is 0 Å². The van der Waals surface area contributed by atoms with Gasteiger partial charge in [-0.2, -0.15) is 0 Å². The van der Waals surface area contributed by atoms with Crippen LogP contribution in [0.4, 0.5) is 4.39 Å². The zero-order chi connectivity index (χ0) is 25.2. The monoisotopic (exact) mass is 493 g/mol. The van der Waals surface area contributed by atoms with Gasteiger partial charge in [0.25, 0.3) is 5.91 Å². The fourth-order valence-corrected chi connectivity index (χ4v) is 3.84. The number of ether oxygens (including phenoxy) is 1. The molecule has 1 saturated carbocycles. The Hall–Kier alpha value is -4.59. The molecule has 0 unspecified atom stereocenters. The quantitative estimate of drug-likeness (QED) is 0.138. The molecule has 1 aliphatic carbocycles. The number of nitrogens with two attached hydrogens (primary N) is 2. The average molecular weight is 494 g/mol. The SMILES string of the molecule is COc1ccc(-n2cnnn2)c(CNC(=O)/C(N)=N/N(N)Cc2cn3cc(C4CC4)ccc3n2)c1F. The summed E-state index contributed by atoms with van der Waals surface area (Å²) < 4.78 is 23.2. The molecule has 1 aliphatic rings. The summed E-state index contributed by atoms with van der Waals surface area (Å²) in [4.78, 5) is 17.1. The van der Waals surface area contributed by atoms with Crippen LogP contribution in [0.25, 0.3) is 11.3 Å². The first kappa shape index (κ1) is 23.2. The Morgan fingerprint density at radius 2 is 2.14 bits per heavy atom. The van der Waals surface area contributed by atoms with Gasteiger partial charge in [-0.1, -0.05) is 6.07 Å². The summed E-state index contributed by atoms with van der Waals surface area (Å²) in [5.74, 6) is 4.77. The number of amides is 1. The van der Waals surface area contributed by atoms with Crippen molar-refractivity contribution in [3.05, 3.63) is 65.6 Å². The van der Waals surface area contributed by atoms with Crippen molar-refractivity contribution in [3.63, 3.8) is 0 Å². The van der Waals surface area contributed by atoms with Crippen molar-refractivity contribution in [3.8, 4) is 11.4 Å². The molecule has 4 aromatic rings. The highest BCUT2D eigenvalue weighted by Crippen LogP contribution is 2.39. The summed E-state index contributed by atoms with van der Waals surface area (Å²) in [6, 6.07) is 7.05. The molecule has 0 saturated heterocycles. The van der Waals surface area contributed by atoms with E-state index in [0.717, 1.165) is 10.8 Å². The van der Waals surface area contributed by atoms with E-state index in [2.05, 4.69) is 43.2 Å². The Morgan fingerprint density at radius 3 is 2.86 bits per heavy atom. The van der Waals surface area contributed by atoms with Gasteiger partial charge in [-0.15, -0.1) is 10.2 Å². The number of carbonyl (C=O) groups is 1. The van der Waals surface area contributed by atoms with Crippen molar-refractivity contribution < 1.29 is 13.9 Å². The van der Waals surface area contributed by atoms with Gasteiger partial charge in [-0.05, 0) is 52.9 Å². The van der Waals surface area contributed by atoms with E-state index in [0.29, 0.717) is 17.3 Å². The Bertz CT molecular complexity index is 1430. The van der Waals surface area contributed by atoms with Crippen molar-refractivity contribution in [1.82, 2.24) is 40.0 Å². The number of tetrazole rings is 1. The van der Waals surface area contributed by atoms with Crippen molar-refractivity contribution >= 4 is 17.4 Å². The third kappa shape index (κ3) is 4.79. The maximum Gasteiger partial charge on any atom is 0.288 e. The first-order valence-electron chi connectivity index (χ1n) is 11.1. The number of hydrazine groups is 1. The molecule has 186 valence electrons. The van der Waals surface area contributed by atoms with E-state index in [1.165, 1.54) is 42.6 Å². The van der Waals surface area contributed by atoms with Gasteiger partial charge < -0.3 is 20.2 Å². The van der Waals surface area contributed by atoms with E-state index in [1.807, 2.05) is 16.7 Å². The molecule has 13 nitrogen and oxygen atoms in total. The predicted octanol–water partition coefficient (Wildman–Crippen LogP) is 0.599. The lowest BCUT2D eigenvalue weighted by molar-refractivity contribution is -0.115. The molecule has 14 heteroatoms. The van der Waals surface area contributed by atoms with Gasteiger partial charge in [0.2, 0.25) is 5.84 Å². The number of nitrogens with zero attached hydrogens (tertiary/aromatic N) is 8. The molecule has 0 atom stereocenters. The highest BCUT2D eigenvalue weighted by molar-refractivity contribution is 6.37. The zero-order valence-corrected chi connectivity index (χ0v) is 19.4. The van der Waals surface area contributed by atoms with Crippen molar-refractivity contribution in [2.24, 2.45) is 16.7 Å². The smallest absolute Gasteiger partial charge is 0.288 e. The van der Waals surface area contributed by atoms with E-state index in [9.17, 15) is 9.18 Å². The van der Waals surface area contributed by atoms with Crippen LogP contribution >= 0.6 is 0 Å². The summed E-state index contributed by atoms with van der Waals surface area (Å²) in [6.45, 7) is -0.101. The molecule has 3 heterocycles. The topological polar surface area (TPSA) is 167 Å². The first-order valence-corrected chi connectivity index (χ1v) is 11.1. The lowest BCUT2D eigenvalue weighted by atomic mass is 10.1. The third-order valence-electron chi connectivity index (χ3n) is 5.79. The summed E-state index contributed by atoms with van der Waals surface area (Å²) in [5.41, 5.74) is 8.99. The molecule has 0 bridgehead atoms. The van der Waals surface area contributed by atoms with Gasteiger partial charge in [0.1, 0.15) is 12.0 Å². The molecule has 1 amide bonds. The Labute approximate surface area is 204 Å². The molecule has 0 aliphatic heterocycles. The number of carbonyl (C=O) groups excluding carboxylic acids is 1. The van der Waals surface area contributed by atoms with Crippen LogP contribution in [0.2, 0.25) is 0 Å². The number of amidine groups is 1. The summed E-state index contributed by atoms with van der Waals surface area (Å²) in [6.07, 6.45) is 7.66. The molecular formula is C22H24FN11O2. The van der Waals surface area contributed by atoms with Gasteiger partial charge in [0.05, 0.1) is 25.0 Å². The number of halogens is 1. The number of pyridine rings is 1. The van der Waals surface area contributed by atoms with E-state index in [-0.39, 0.29) is 24.4 Å². The molecule has 1 aromatic carbocycles. The number of nitrogens with one attached hydrogen (secondary N) is 1. The van der Waals surface area contributed by atoms with E-state index in [1.54, 1.807) is 6.07 Å². The number of rotatable bonds is 8. The molecule has 3 aromatic heterocycles. The standard InChI is InChI=1S/C22H24FN11O2/c1-36-18-6-5-17(33-12-27-30-31-33)16(20(18)23)8-26-22(35)21(24)29-34(25)11-15-10-32-9-14(13-2-3-13)4-7-19(32)28-15/h4-7,9-10,12-13H,2-3,8,11,25H2,1H3,(H2,24,29)(H,26,35). The number of aromatic nitrogens is 6. The van der Waals surface area contributed by atoms with Gasteiger partial charge >= 0.3 is 0 Å². The molecule has 1 fully saturated rings. The minimum absolute atomic E-state index is 0.00236. The maximum absolute atomic E-state index is 14.9. The second-order valence-electron chi connectivity index (χ2n) is 8.33. The minimum Gasteiger partial charge on any atom is -0.494 e. The van der Waals surface area contributed by atoms with Crippen molar-refractivity contribution in [2.45, 2.75) is 31.8 Å². The first-order chi connectivity index (χ1) is 17.4. The third-order valence-corrected chi connectivity index (χ3v) is 5.79. The molecule has 5 N–H and O–H groups in total. The average Bonchev–Trinajstić information content (AvgIpc) is 3.41. The highest BCUT2D eigenvalue weighted by atomic mass is 19.1. The lowest BCUT2D eigenvalue weighted by Gasteiger charge is -2.14. The number of fused-ring (bicyclic) bond motifs is 1. The number of hydrogen-bond donors (Lipinski definition) is 3. The largest absolute Gasteiger partial charge is 0.494 e. The minimum atomic E-state index is -0.737. The second-order valence-corrected chi connectivity index (χ2v) is 8.33. The number of methoxy groups -OCH3 is 1. The number of imidazole rings is 1. The van der Waals surface area contributed by atoms with Crippen LogP contribution in [-0.4, -0.2) is 53.6 Å². The second kappa shape index (κ2) is 9.58. The van der Waals surface area contributed by atoms with Gasteiger partial charge in [0, 0.05) is 24.5 Å². The molecule has 36 heavy (non-hydrogen) atoms. The predicted molar refractivity (Wildman–Crippen MR) is 126 cm³/mol. The summed E-state index contributed by atoms with van der Waals surface area (Å²) >= 11 is 0. The van der Waals surface area contributed by atoms with Crippen molar-refractivity contribution in [1.29, 1.82) is 0 Å². The highest BCUT2D eigenvalue weighted by Gasteiger charge is 2.24.